The van der Waals surface area contributed by atoms with Crippen LogP contribution in [0.3, 0.4) is 0 Å². The van der Waals surface area contributed by atoms with Crippen molar-refractivity contribution in [3.8, 4) is 0 Å². The van der Waals surface area contributed by atoms with Crippen LogP contribution in [0.5, 0.6) is 0 Å². The number of rotatable bonds is 6. The minimum atomic E-state index is -0.342. The predicted molar refractivity (Wildman–Crippen MR) is 78.1 cm³/mol. The van der Waals surface area contributed by atoms with Gasteiger partial charge in [-0.1, -0.05) is 11.6 Å². The fourth-order valence-corrected chi connectivity index (χ4v) is 2.07. The molecule has 1 N–H and O–H groups in total. The summed E-state index contributed by atoms with van der Waals surface area (Å²) in [6.07, 6.45) is 2.81. The molecule has 0 bridgehead atoms. The summed E-state index contributed by atoms with van der Waals surface area (Å²) < 4.78 is 20.3. The summed E-state index contributed by atoms with van der Waals surface area (Å²) in [6, 6.07) is 4.19. The van der Waals surface area contributed by atoms with Gasteiger partial charge in [0.05, 0.1) is 16.4 Å². The molecule has 2 aromatic rings. The Labute approximate surface area is 122 Å². The number of ether oxygens (including phenoxy) is 1. The number of nitrogens with one attached hydrogen (secondary N) is 1. The quantitative estimate of drug-likeness (QED) is 0.825. The van der Waals surface area contributed by atoms with E-state index >= 15 is 0 Å². The summed E-state index contributed by atoms with van der Waals surface area (Å²) in [7, 11) is 1.67. The number of anilines is 2. The van der Waals surface area contributed by atoms with Gasteiger partial charge in [-0.05, 0) is 31.5 Å². The van der Waals surface area contributed by atoms with Crippen LogP contribution >= 0.6 is 11.6 Å². The molecular weight excluding hydrogens is 281 g/mol. The molecule has 0 fully saturated rings. The molecule has 0 aliphatic heterocycles. The van der Waals surface area contributed by atoms with E-state index in [2.05, 4.69) is 10.3 Å². The fourth-order valence-electron chi connectivity index (χ4n) is 1.91. The molecule has 0 saturated heterocycles. The standard InChI is InChI=1S/C14H17ClFN3O/c1-10-9-19(6-3-7-20-2)14(17-10)18-13-8-11(16)4-5-12(13)15/h4-5,8-9H,3,6-7H2,1-2H3,(H,17,18). The Morgan fingerprint density at radius 1 is 1.45 bits per heavy atom. The molecule has 0 atom stereocenters. The second-order valence-electron chi connectivity index (χ2n) is 4.49. The maximum atomic E-state index is 13.3. The van der Waals surface area contributed by atoms with Gasteiger partial charge in [-0.2, -0.15) is 0 Å². The molecule has 6 heteroatoms. The van der Waals surface area contributed by atoms with Crippen LogP contribution in [0, 0.1) is 12.7 Å². The highest BCUT2D eigenvalue weighted by Crippen LogP contribution is 2.26. The van der Waals surface area contributed by atoms with E-state index in [1.165, 1.54) is 18.2 Å². The summed E-state index contributed by atoms with van der Waals surface area (Å²) in [6.45, 7) is 3.35. The molecule has 0 aliphatic rings. The second-order valence-corrected chi connectivity index (χ2v) is 4.90. The third-order valence-corrected chi connectivity index (χ3v) is 3.15. The normalized spacial score (nSPS) is 10.8. The molecule has 1 aromatic heterocycles. The lowest BCUT2D eigenvalue weighted by molar-refractivity contribution is 0.190. The molecule has 2 rings (SSSR count). The summed E-state index contributed by atoms with van der Waals surface area (Å²) in [4.78, 5) is 4.39. The Balaban J connectivity index is 2.17. The van der Waals surface area contributed by atoms with Crippen LogP contribution in [0.1, 0.15) is 12.1 Å². The van der Waals surface area contributed by atoms with E-state index in [9.17, 15) is 4.39 Å². The SMILES string of the molecule is COCCCn1cc(C)nc1Nc1cc(F)ccc1Cl. The van der Waals surface area contributed by atoms with Gasteiger partial charge in [0, 0.05) is 26.5 Å². The first-order valence-electron chi connectivity index (χ1n) is 6.35. The lowest BCUT2D eigenvalue weighted by Crippen LogP contribution is -2.05. The van der Waals surface area contributed by atoms with E-state index in [1.54, 1.807) is 7.11 Å². The topological polar surface area (TPSA) is 39.1 Å². The number of methoxy groups -OCH3 is 1. The van der Waals surface area contributed by atoms with Crippen molar-refractivity contribution in [2.45, 2.75) is 19.9 Å². The van der Waals surface area contributed by atoms with E-state index in [0.29, 0.717) is 23.3 Å². The van der Waals surface area contributed by atoms with Crippen molar-refractivity contribution in [1.82, 2.24) is 9.55 Å². The number of hydrogen-bond acceptors (Lipinski definition) is 3. The molecule has 4 nitrogen and oxygen atoms in total. The fraction of sp³-hybridized carbons (Fsp3) is 0.357. The highest BCUT2D eigenvalue weighted by molar-refractivity contribution is 6.33. The highest BCUT2D eigenvalue weighted by Gasteiger charge is 2.09. The third-order valence-electron chi connectivity index (χ3n) is 2.82. The molecule has 0 saturated carbocycles. The minimum absolute atomic E-state index is 0.342. The van der Waals surface area contributed by atoms with E-state index in [1.807, 2.05) is 17.7 Å². The first-order chi connectivity index (χ1) is 9.60. The molecule has 0 amide bonds. The first kappa shape index (κ1) is 14.8. The van der Waals surface area contributed by atoms with Crippen LogP contribution in [-0.4, -0.2) is 23.3 Å². The number of hydrogen-bond donors (Lipinski definition) is 1. The number of imidazole rings is 1. The zero-order valence-corrected chi connectivity index (χ0v) is 12.2. The summed E-state index contributed by atoms with van der Waals surface area (Å²) in [5.41, 5.74) is 1.39. The number of aryl methyl sites for hydroxylation is 2. The smallest absolute Gasteiger partial charge is 0.207 e. The van der Waals surface area contributed by atoms with Crippen LogP contribution in [0.15, 0.2) is 24.4 Å². The summed E-state index contributed by atoms with van der Waals surface area (Å²) in [5, 5.41) is 3.52. The van der Waals surface area contributed by atoms with Crippen molar-refractivity contribution in [3.05, 3.63) is 40.9 Å². The summed E-state index contributed by atoms with van der Waals surface area (Å²) in [5.74, 6) is 0.303. The Hall–Kier alpha value is -1.59. The van der Waals surface area contributed by atoms with Gasteiger partial charge in [0.15, 0.2) is 0 Å². The molecule has 20 heavy (non-hydrogen) atoms. The number of nitrogens with zero attached hydrogens (tertiary/aromatic N) is 2. The lowest BCUT2D eigenvalue weighted by atomic mass is 10.3. The molecule has 1 heterocycles. The molecule has 108 valence electrons. The van der Waals surface area contributed by atoms with Crippen molar-refractivity contribution < 1.29 is 9.13 Å². The van der Waals surface area contributed by atoms with Crippen LogP contribution in [0.25, 0.3) is 0 Å². The molecule has 0 aliphatic carbocycles. The van der Waals surface area contributed by atoms with Crippen LogP contribution in [-0.2, 0) is 11.3 Å². The zero-order valence-electron chi connectivity index (χ0n) is 11.5. The van der Waals surface area contributed by atoms with Crippen LogP contribution in [0.4, 0.5) is 16.0 Å². The van der Waals surface area contributed by atoms with E-state index in [4.69, 9.17) is 16.3 Å². The third kappa shape index (κ3) is 3.71. The van der Waals surface area contributed by atoms with Crippen LogP contribution in [0.2, 0.25) is 5.02 Å². The number of halogens is 2. The second kappa shape index (κ2) is 6.72. The van der Waals surface area contributed by atoms with E-state index in [0.717, 1.165) is 18.7 Å². The molecular formula is C14H17ClFN3O. The largest absolute Gasteiger partial charge is 0.385 e. The molecule has 1 aromatic carbocycles. The number of benzene rings is 1. The first-order valence-corrected chi connectivity index (χ1v) is 6.72. The Morgan fingerprint density at radius 2 is 2.25 bits per heavy atom. The monoisotopic (exact) mass is 297 g/mol. The van der Waals surface area contributed by atoms with E-state index < -0.39 is 0 Å². The minimum Gasteiger partial charge on any atom is -0.385 e. The van der Waals surface area contributed by atoms with Crippen LogP contribution < -0.4 is 5.32 Å². The van der Waals surface area contributed by atoms with Crippen molar-refractivity contribution in [2.75, 3.05) is 19.0 Å². The maximum Gasteiger partial charge on any atom is 0.207 e. The van der Waals surface area contributed by atoms with Gasteiger partial charge in [0.25, 0.3) is 0 Å². The Bertz CT molecular complexity index is 586. The average Bonchev–Trinajstić information content (AvgIpc) is 2.74. The lowest BCUT2D eigenvalue weighted by Gasteiger charge is -2.10. The van der Waals surface area contributed by atoms with Crippen molar-refractivity contribution >= 4 is 23.2 Å². The Kier molecular flexibility index (Phi) is 4.98. The van der Waals surface area contributed by atoms with E-state index in [-0.39, 0.29) is 5.82 Å². The average molecular weight is 298 g/mol. The Morgan fingerprint density at radius 3 is 3.00 bits per heavy atom. The van der Waals surface area contributed by atoms with Gasteiger partial charge >= 0.3 is 0 Å². The van der Waals surface area contributed by atoms with Crippen molar-refractivity contribution in [1.29, 1.82) is 0 Å². The maximum absolute atomic E-state index is 13.3. The van der Waals surface area contributed by atoms with Gasteiger partial charge in [-0.25, -0.2) is 9.37 Å². The highest BCUT2D eigenvalue weighted by atomic mass is 35.5. The van der Waals surface area contributed by atoms with Crippen molar-refractivity contribution in [2.24, 2.45) is 0 Å². The van der Waals surface area contributed by atoms with Gasteiger partial charge in [-0.3, -0.25) is 0 Å². The van der Waals surface area contributed by atoms with Gasteiger partial charge in [0.2, 0.25) is 5.95 Å². The summed E-state index contributed by atoms with van der Waals surface area (Å²) >= 11 is 6.05. The molecule has 0 spiro atoms. The molecule has 0 radical (unpaired) electrons. The van der Waals surface area contributed by atoms with Gasteiger partial charge in [0.1, 0.15) is 5.82 Å². The van der Waals surface area contributed by atoms with Gasteiger partial charge < -0.3 is 14.6 Å². The van der Waals surface area contributed by atoms with Gasteiger partial charge in [-0.15, -0.1) is 0 Å². The van der Waals surface area contributed by atoms with Crippen molar-refractivity contribution in [3.63, 3.8) is 0 Å². The predicted octanol–water partition coefficient (Wildman–Crippen LogP) is 3.76. The zero-order chi connectivity index (χ0) is 14.5. The number of aromatic nitrogens is 2. The molecule has 0 unspecified atom stereocenters.